The number of aryl methyl sites for hydroxylation is 1. The van der Waals surface area contributed by atoms with E-state index in [1.54, 1.807) is 21.7 Å². The van der Waals surface area contributed by atoms with Gasteiger partial charge in [-0.05, 0) is 74.1 Å². The van der Waals surface area contributed by atoms with Crippen molar-refractivity contribution < 1.29 is 14.0 Å². The molecule has 7 heteroatoms. The van der Waals surface area contributed by atoms with Gasteiger partial charge >= 0.3 is 0 Å². The molecule has 1 aromatic heterocycles. The maximum atomic E-state index is 13.5. The molecule has 1 saturated heterocycles. The van der Waals surface area contributed by atoms with Crippen LogP contribution in [0.1, 0.15) is 57.4 Å². The second kappa shape index (κ2) is 9.41. The zero-order valence-electron chi connectivity index (χ0n) is 19.5. The number of hydrogen-bond acceptors (Lipinski definition) is 3. The van der Waals surface area contributed by atoms with Crippen LogP contribution in [0, 0.1) is 5.82 Å². The summed E-state index contributed by atoms with van der Waals surface area (Å²) in [4.78, 5) is 30.0. The predicted molar refractivity (Wildman–Crippen MR) is 128 cm³/mol. The summed E-state index contributed by atoms with van der Waals surface area (Å²) in [6, 6.07) is 14.0. The Kier molecular flexibility index (Phi) is 6.18. The van der Waals surface area contributed by atoms with Gasteiger partial charge in [0.2, 0.25) is 0 Å². The minimum absolute atomic E-state index is 0.00715. The van der Waals surface area contributed by atoms with Crippen LogP contribution in [0.25, 0.3) is 5.69 Å². The van der Waals surface area contributed by atoms with Crippen LogP contribution >= 0.6 is 0 Å². The Hall–Kier alpha value is -3.48. The van der Waals surface area contributed by atoms with Gasteiger partial charge in [-0.15, -0.1) is 0 Å². The van der Waals surface area contributed by atoms with E-state index >= 15 is 0 Å². The molecule has 0 spiro atoms. The van der Waals surface area contributed by atoms with Crippen LogP contribution in [-0.2, 0) is 19.3 Å². The van der Waals surface area contributed by atoms with Crippen LogP contribution in [0.15, 0.2) is 48.5 Å². The summed E-state index contributed by atoms with van der Waals surface area (Å²) >= 11 is 0. The minimum atomic E-state index is -0.296. The summed E-state index contributed by atoms with van der Waals surface area (Å²) in [6.07, 6.45) is 4.70. The van der Waals surface area contributed by atoms with E-state index in [1.807, 2.05) is 29.2 Å². The third-order valence-corrected chi connectivity index (χ3v) is 6.92. The van der Waals surface area contributed by atoms with Crippen molar-refractivity contribution in [2.75, 3.05) is 26.2 Å². The van der Waals surface area contributed by atoms with Crippen molar-refractivity contribution >= 4 is 11.8 Å². The maximum Gasteiger partial charge on any atom is 0.274 e. The second-order valence-corrected chi connectivity index (χ2v) is 9.00. The highest BCUT2D eigenvalue weighted by Gasteiger charge is 2.31. The summed E-state index contributed by atoms with van der Waals surface area (Å²) in [7, 11) is 0. The molecule has 0 radical (unpaired) electrons. The quantitative estimate of drug-likeness (QED) is 0.590. The smallest absolute Gasteiger partial charge is 0.274 e. The second-order valence-electron chi connectivity index (χ2n) is 9.00. The largest absolute Gasteiger partial charge is 0.335 e. The Labute approximate surface area is 199 Å². The fourth-order valence-corrected chi connectivity index (χ4v) is 4.89. The Morgan fingerprint density at radius 1 is 0.853 bits per heavy atom. The fourth-order valence-electron chi connectivity index (χ4n) is 4.89. The molecule has 5 rings (SSSR count). The zero-order valence-corrected chi connectivity index (χ0v) is 19.5. The molecule has 0 unspecified atom stereocenters. The molecule has 0 saturated carbocycles. The van der Waals surface area contributed by atoms with Crippen LogP contribution in [0.4, 0.5) is 4.39 Å². The SMILES string of the molecule is CCc1ccc(C(=O)N2CCN(C(=O)c3nn(-c4ccc(F)cc4)c4c3CCCC4)CC2)cc1. The number of fused-ring (bicyclic) bond motifs is 1. The lowest BCUT2D eigenvalue weighted by molar-refractivity contribution is 0.0531. The Morgan fingerprint density at radius 3 is 2.12 bits per heavy atom. The van der Waals surface area contributed by atoms with Crippen LogP contribution in [0.2, 0.25) is 0 Å². The number of benzene rings is 2. The maximum absolute atomic E-state index is 13.5. The summed E-state index contributed by atoms with van der Waals surface area (Å²) in [5.41, 5.74) is 5.21. The highest BCUT2D eigenvalue weighted by Crippen LogP contribution is 2.28. The molecular weight excluding hydrogens is 431 g/mol. The fraction of sp³-hybridized carbons (Fsp3) is 0.370. The number of carbonyl (C=O) groups excluding carboxylic acids is 2. The molecule has 34 heavy (non-hydrogen) atoms. The van der Waals surface area contributed by atoms with Gasteiger partial charge in [0.15, 0.2) is 5.69 Å². The lowest BCUT2D eigenvalue weighted by Gasteiger charge is -2.34. The topological polar surface area (TPSA) is 58.4 Å². The van der Waals surface area contributed by atoms with E-state index in [2.05, 4.69) is 6.92 Å². The molecular formula is C27H29FN4O2. The molecule has 2 heterocycles. The van der Waals surface area contributed by atoms with Gasteiger partial charge in [0, 0.05) is 43.0 Å². The standard InChI is InChI=1S/C27H29FN4O2/c1-2-19-7-9-20(10-8-19)26(33)30-15-17-31(18-16-30)27(34)25-23-5-3-4-6-24(23)32(29-25)22-13-11-21(28)12-14-22/h7-14H,2-6,15-18H2,1H3. The van der Waals surface area contributed by atoms with Crippen molar-refractivity contribution in [2.45, 2.75) is 39.0 Å². The number of halogens is 1. The first-order valence-electron chi connectivity index (χ1n) is 12.1. The zero-order chi connectivity index (χ0) is 23.7. The van der Waals surface area contributed by atoms with Crippen LogP contribution in [0.5, 0.6) is 0 Å². The van der Waals surface area contributed by atoms with Gasteiger partial charge in [0.25, 0.3) is 11.8 Å². The molecule has 1 aliphatic carbocycles. The predicted octanol–water partition coefficient (Wildman–Crippen LogP) is 4.05. The lowest BCUT2D eigenvalue weighted by atomic mass is 9.95. The molecule has 2 aromatic carbocycles. The highest BCUT2D eigenvalue weighted by molar-refractivity contribution is 5.96. The number of amides is 2. The first-order chi connectivity index (χ1) is 16.5. The van der Waals surface area contributed by atoms with Gasteiger partial charge in [-0.1, -0.05) is 19.1 Å². The van der Waals surface area contributed by atoms with Gasteiger partial charge in [-0.25, -0.2) is 9.07 Å². The summed E-state index contributed by atoms with van der Waals surface area (Å²) in [5.74, 6) is -0.374. The van der Waals surface area contributed by atoms with Crippen LogP contribution in [0.3, 0.4) is 0 Å². The number of rotatable bonds is 4. The first-order valence-corrected chi connectivity index (χ1v) is 12.1. The summed E-state index contributed by atoms with van der Waals surface area (Å²) < 4.78 is 15.2. The Bertz CT molecular complexity index is 1190. The van der Waals surface area contributed by atoms with Crippen molar-refractivity contribution in [1.82, 2.24) is 19.6 Å². The van der Waals surface area contributed by atoms with Gasteiger partial charge in [-0.2, -0.15) is 5.10 Å². The van der Waals surface area contributed by atoms with Crippen LogP contribution in [-0.4, -0.2) is 57.6 Å². The van der Waals surface area contributed by atoms with E-state index in [4.69, 9.17) is 5.10 Å². The van der Waals surface area contributed by atoms with E-state index in [9.17, 15) is 14.0 Å². The van der Waals surface area contributed by atoms with E-state index in [0.717, 1.165) is 49.0 Å². The number of carbonyl (C=O) groups is 2. The van der Waals surface area contributed by atoms with Crippen molar-refractivity contribution in [3.63, 3.8) is 0 Å². The molecule has 1 aliphatic heterocycles. The molecule has 3 aromatic rings. The minimum Gasteiger partial charge on any atom is -0.335 e. The van der Waals surface area contributed by atoms with Crippen molar-refractivity contribution in [2.24, 2.45) is 0 Å². The first kappa shape index (κ1) is 22.3. The molecule has 176 valence electrons. The Morgan fingerprint density at radius 2 is 1.47 bits per heavy atom. The van der Waals surface area contributed by atoms with E-state index in [0.29, 0.717) is 37.4 Å². The Balaban J connectivity index is 1.32. The number of piperazine rings is 1. The molecule has 1 fully saturated rings. The van der Waals surface area contributed by atoms with E-state index < -0.39 is 0 Å². The number of aromatic nitrogens is 2. The van der Waals surface area contributed by atoms with Crippen LogP contribution < -0.4 is 0 Å². The van der Waals surface area contributed by atoms with Gasteiger partial charge in [0.1, 0.15) is 5.82 Å². The van der Waals surface area contributed by atoms with Crippen molar-refractivity contribution in [3.8, 4) is 5.69 Å². The molecule has 0 bridgehead atoms. The van der Waals surface area contributed by atoms with Crippen molar-refractivity contribution in [1.29, 1.82) is 0 Å². The monoisotopic (exact) mass is 460 g/mol. The summed E-state index contributed by atoms with van der Waals surface area (Å²) in [6.45, 7) is 4.06. The highest BCUT2D eigenvalue weighted by atomic mass is 19.1. The van der Waals surface area contributed by atoms with Gasteiger partial charge < -0.3 is 9.80 Å². The number of nitrogens with zero attached hydrogens (tertiary/aromatic N) is 4. The molecule has 0 atom stereocenters. The van der Waals surface area contributed by atoms with Gasteiger partial charge in [0.05, 0.1) is 5.69 Å². The molecule has 0 N–H and O–H groups in total. The van der Waals surface area contributed by atoms with E-state index in [-0.39, 0.29) is 17.6 Å². The third kappa shape index (κ3) is 4.22. The normalized spacial score (nSPS) is 15.8. The third-order valence-electron chi connectivity index (χ3n) is 6.92. The lowest BCUT2D eigenvalue weighted by Crippen LogP contribution is -2.50. The molecule has 2 amide bonds. The molecule has 2 aliphatic rings. The number of hydrogen-bond donors (Lipinski definition) is 0. The molecule has 6 nitrogen and oxygen atoms in total. The van der Waals surface area contributed by atoms with Gasteiger partial charge in [-0.3, -0.25) is 9.59 Å². The van der Waals surface area contributed by atoms with Crippen molar-refractivity contribution in [3.05, 3.63) is 82.4 Å². The van der Waals surface area contributed by atoms with E-state index in [1.165, 1.54) is 17.7 Å². The summed E-state index contributed by atoms with van der Waals surface area (Å²) in [5, 5.41) is 4.71. The average Bonchev–Trinajstić information content (AvgIpc) is 3.28. The average molecular weight is 461 g/mol.